The molecule has 2 rings (SSSR count). The molecule has 6 nitrogen and oxygen atoms in total. The summed E-state index contributed by atoms with van der Waals surface area (Å²) in [5, 5.41) is 9.21. The molecule has 0 saturated carbocycles. The van der Waals surface area contributed by atoms with Gasteiger partial charge in [-0.3, -0.25) is 0 Å². The summed E-state index contributed by atoms with van der Waals surface area (Å²) >= 11 is 0. The second kappa shape index (κ2) is 6.55. The second-order valence-corrected chi connectivity index (χ2v) is 7.01. The number of piperidine rings is 1. The van der Waals surface area contributed by atoms with Crippen LogP contribution in [0.15, 0.2) is 29.2 Å². The number of aliphatic hydroxyl groups excluding tert-OH is 1. The number of hydrogen-bond donors (Lipinski definition) is 1. The van der Waals surface area contributed by atoms with Gasteiger partial charge in [-0.2, -0.15) is 4.31 Å². The van der Waals surface area contributed by atoms with Crippen molar-refractivity contribution >= 4 is 16.0 Å². The molecule has 1 aromatic rings. The van der Waals surface area contributed by atoms with Gasteiger partial charge in [0.25, 0.3) is 0 Å². The lowest BCUT2D eigenvalue weighted by Gasteiger charge is -2.31. The Morgan fingerprint density at radius 3 is 2.90 bits per heavy atom. The van der Waals surface area contributed by atoms with Crippen LogP contribution in [-0.2, 0) is 14.8 Å². The van der Waals surface area contributed by atoms with Gasteiger partial charge in [-0.25, -0.2) is 13.2 Å². The highest BCUT2D eigenvalue weighted by atomic mass is 32.2. The van der Waals surface area contributed by atoms with Gasteiger partial charge in [0, 0.05) is 19.7 Å². The number of esters is 1. The van der Waals surface area contributed by atoms with Gasteiger partial charge in [0.1, 0.15) is 0 Å². The molecule has 1 fully saturated rings. The number of carbonyl (C=O) groups is 1. The van der Waals surface area contributed by atoms with Gasteiger partial charge in [-0.1, -0.05) is 6.07 Å². The number of nitrogens with zero attached hydrogens (tertiary/aromatic N) is 1. The number of methoxy groups -OCH3 is 1. The normalized spacial score (nSPS) is 20.2. The largest absolute Gasteiger partial charge is 0.465 e. The lowest BCUT2D eigenvalue weighted by atomic mass is 10.0. The van der Waals surface area contributed by atoms with Crippen molar-refractivity contribution in [2.75, 3.05) is 26.8 Å². The predicted octanol–water partition coefficient (Wildman–Crippen LogP) is 0.866. The van der Waals surface area contributed by atoms with Crippen LogP contribution in [0.4, 0.5) is 0 Å². The molecule has 0 aromatic heterocycles. The van der Waals surface area contributed by atoms with Crippen molar-refractivity contribution in [1.82, 2.24) is 4.31 Å². The smallest absolute Gasteiger partial charge is 0.337 e. The molecule has 7 heteroatoms. The van der Waals surface area contributed by atoms with Gasteiger partial charge in [0.05, 0.1) is 17.6 Å². The molecule has 1 N–H and O–H groups in total. The van der Waals surface area contributed by atoms with Gasteiger partial charge in [0.2, 0.25) is 10.0 Å². The Hall–Kier alpha value is -1.44. The van der Waals surface area contributed by atoms with E-state index >= 15 is 0 Å². The van der Waals surface area contributed by atoms with E-state index in [0.29, 0.717) is 13.1 Å². The first-order valence-corrected chi connectivity index (χ1v) is 8.22. The minimum atomic E-state index is -3.65. The van der Waals surface area contributed by atoms with Crippen LogP contribution in [0.2, 0.25) is 0 Å². The third-order valence-corrected chi connectivity index (χ3v) is 5.49. The van der Waals surface area contributed by atoms with E-state index in [2.05, 4.69) is 4.74 Å². The summed E-state index contributed by atoms with van der Waals surface area (Å²) in [7, 11) is -2.40. The monoisotopic (exact) mass is 313 g/mol. The van der Waals surface area contributed by atoms with Crippen molar-refractivity contribution < 1.29 is 23.1 Å². The average Bonchev–Trinajstić information content (AvgIpc) is 2.54. The molecule has 1 heterocycles. The van der Waals surface area contributed by atoms with Crippen LogP contribution >= 0.6 is 0 Å². The van der Waals surface area contributed by atoms with Gasteiger partial charge in [-0.05, 0) is 37.0 Å². The van der Waals surface area contributed by atoms with Gasteiger partial charge in [-0.15, -0.1) is 0 Å². The van der Waals surface area contributed by atoms with E-state index in [9.17, 15) is 18.3 Å². The molecule has 1 aliphatic heterocycles. The summed E-state index contributed by atoms with van der Waals surface area (Å²) in [6, 6.07) is 5.82. The Balaban J connectivity index is 2.29. The predicted molar refractivity (Wildman–Crippen MR) is 76.4 cm³/mol. The topological polar surface area (TPSA) is 83.9 Å². The maximum Gasteiger partial charge on any atom is 0.337 e. The Kier molecular flexibility index (Phi) is 4.97. The van der Waals surface area contributed by atoms with Crippen LogP contribution in [-0.4, -0.2) is 50.6 Å². The molecule has 116 valence electrons. The van der Waals surface area contributed by atoms with Crippen molar-refractivity contribution in [1.29, 1.82) is 0 Å². The Labute approximate surface area is 124 Å². The standard InChI is InChI=1S/C14H19NO5S/c1-20-14(17)12-5-2-6-13(8-12)21(18,19)15-7-3-4-11(9-15)10-16/h2,5-6,8,11,16H,3-4,7,9-10H2,1H3/t11-/m1/s1. The molecule has 0 spiro atoms. The van der Waals surface area contributed by atoms with Gasteiger partial charge >= 0.3 is 5.97 Å². The summed E-state index contributed by atoms with van der Waals surface area (Å²) in [5.41, 5.74) is 0.203. The van der Waals surface area contributed by atoms with E-state index < -0.39 is 16.0 Å². The number of rotatable bonds is 4. The molecular formula is C14H19NO5S. The number of ether oxygens (including phenoxy) is 1. The molecule has 0 radical (unpaired) electrons. The molecule has 1 aromatic carbocycles. The third kappa shape index (κ3) is 3.42. The van der Waals surface area contributed by atoms with Crippen LogP contribution in [0.5, 0.6) is 0 Å². The number of carbonyl (C=O) groups excluding carboxylic acids is 1. The van der Waals surface area contributed by atoms with Crippen LogP contribution in [0, 0.1) is 5.92 Å². The first kappa shape index (κ1) is 15.9. The van der Waals surface area contributed by atoms with Crippen LogP contribution in [0.25, 0.3) is 0 Å². The van der Waals surface area contributed by atoms with E-state index in [-0.39, 0.29) is 23.0 Å². The van der Waals surface area contributed by atoms with E-state index in [1.165, 1.54) is 35.7 Å². The van der Waals surface area contributed by atoms with E-state index in [1.54, 1.807) is 0 Å². The maximum atomic E-state index is 12.6. The zero-order valence-corrected chi connectivity index (χ0v) is 12.7. The van der Waals surface area contributed by atoms with Crippen LogP contribution < -0.4 is 0 Å². The average molecular weight is 313 g/mol. The minimum Gasteiger partial charge on any atom is -0.465 e. The molecule has 0 bridgehead atoms. The fraction of sp³-hybridized carbons (Fsp3) is 0.500. The van der Waals surface area contributed by atoms with E-state index in [0.717, 1.165) is 12.8 Å². The van der Waals surface area contributed by atoms with E-state index in [1.807, 2.05) is 0 Å². The number of sulfonamides is 1. The first-order chi connectivity index (χ1) is 9.98. The highest BCUT2D eigenvalue weighted by Crippen LogP contribution is 2.24. The highest BCUT2D eigenvalue weighted by Gasteiger charge is 2.30. The molecule has 21 heavy (non-hydrogen) atoms. The first-order valence-electron chi connectivity index (χ1n) is 6.78. The Morgan fingerprint density at radius 1 is 1.48 bits per heavy atom. The van der Waals surface area contributed by atoms with Crippen LogP contribution in [0.3, 0.4) is 0 Å². The van der Waals surface area contributed by atoms with Gasteiger partial charge < -0.3 is 9.84 Å². The van der Waals surface area contributed by atoms with Crippen molar-refractivity contribution in [2.24, 2.45) is 5.92 Å². The minimum absolute atomic E-state index is 0.0196. The Bertz CT molecular complexity index is 614. The van der Waals surface area contributed by atoms with Gasteiger partial charge in [0.15, 0.2) is 0 Å². The Morgan fingerprint density at radius 2 is 2.24 bits per heavy atom. The zero-order chi connectivity index (χ0) is 15.5. The fourth-order valence-corrected chi connectivity index (χ4v) is 4.05. The lowest BCUT2D eigenvalue weighted by Crippen LogP contribution is -2.40. The molecule has 0 amide bonds. The van der Waals surface area contributed by atoms with Crippen molar-refractivity contribution in [2.45, 2.75) is 17.7 Å². The summed E-state index contributed by atoms with van der Waals surface area (Å²) in [4.78, 5) is 11.6. The molecule has 1 aliphatic rings. The lowest BCUT2D eigenvalue weighted by molar-refractivity contribution is 0.0600. The fourth-order valence-electron chi connectivity index (χ4n) is 2.44. The van der Waals surface area contributed by atoms with Crippen molar-refractivity contribution in [3.63, 3.8) is 0 Å². The van der Waals surface area contributed by atoms with Crippen molar-refractivity contribution in [3.8, 4) is 0 Å². The summed E-state index contributed by atoms with van der Waals surface area (Å²) in [6.07, 6.45) is 1.55. The van der Waals surface area contributed by atoms with Crippen molar-refractivity contribution in [3.05, 3.63) is 29.8 Å². The molecule has 0 unspecified atom stereocenters. The highest BCUT2D eigenvalue weighted by molar-refractivity contribution is 7.89. The summed E-state index contributed by atoms with van der Waals surface area (Å²) in [5.74, 6) is -0.601. The number of benzene rings is 1. The molecular weight excluding hydrogens is 294 g/mol. The van der Waals surface area contributed by atoms with Crippen LogP contribution in [0.1, 0.15) is 23.2 Å². The SMILES string of the molecule is COC(=O)c1cccc(S(=O)(=O)N2CCC[C@@H](CO)C2)c1. The quantitative estimate of drug-likeness (QED) is 0.834. The summed E-state index contributed by atoms with van der Waals surface area (Å²) in [6.45, 7) is 0.719. The number of hydrogen-bond acceptors (Lipinski definition) is 5. The molecule has 0 aliphatic carbocycles. The second-order valence-electron chi connectivity index (χ2n) is 5.07. The number of aliphatic hydroxyl groups is 1. The molecule has 1 saturated heterocycles. The molecule has 1 atom stereocenters. The maximum absolute atomic E-state index is 12.6. The summed E-state index contributed by atoms with van der Waals surface area (Å²) < 4.78 is 31.2. The van der Waals surface area contributed by atoms with E-state index in [4.69, 9.17) is 0 Å². The third-order valence-electron chi connectivity index (χ3n) is 3.63. The zero-order valence-electron chi connectivity index (χ0n) is 11.9.